The molecule has 0 spiro atoms. The maximum Gasteiger partial charge on any atom is 0.223 e. The molecule has 2 saturated heterocycles. The quantitative estimate of drug-likeness (QED) is 0.772. The molecular formula is C22H33N3O2. The fraction of sp³-hybridized carbons (Fsp3) is 0.636. The van der Waals surface area contributed by atoms with Crippen molar-refractivity contribution in [3.63, 3.8) is 0 Å². The predicted molar refractivity (Wildman–Crippen MR) is 108 cm³/mol. The van der Waals surface area contributed by atoms with E-state index in [1.54, 1.807) is 0 Å². The fourth-order valence-corrected chi connectivity index (χ4v) is 3.94. The number of likely N-dealkylation sites (tertiary alicyclic amines) is 1. The van der Waals surface area contributed by atoms with Gasteiger partial charge in [-0.05, 0) is 38.2 Å². The average molecular weight is 372 g/mol. The van der Waals surface area contributed by atoms with Crippen LogP contribution in [-0.2, 0) is 16.0 Å². The zero-order chi connectivity index (χ0) is 19.1. The van der Waals surface area contributed by atoms with Crippen LogP contribution in [0.4, 0.5) is 0 Å². The first kappa shape index (κ1) is 19.9. The second-order valence-corrected chi connectivity index (χ2v) is 7.90. The number of carbonyl (C=O) groups excluding carboxylic acids is 2. The molecule has 0 aliphatic carbocycles. The van der Waals surface area contributed by atoms with E-state index in [4.69, 9.17) is 0 Å². The Balaban J connectivity index is 1.33. The largest absolute Gasteiger partial charge is 0.343 e. The van der Waals surface area contributed by atoms with Gasteiger partial charge in [-0.1, -0.05) is 29.8 Å². The summed E-state index contributed by atoms with van der Waals surface area (Å²) >= 11 is 0. The number of piperazine rings is 1. The van der Waals surface area contributed by atoms with Crippen LogP contribution >= 0.6 is 0 Å². The topological polar surface area (TPSA) is 43.9 Å². The Labute approximate surface area is 163 Å². The summed E-state index contributed by atoms with van der Waals surface area (Å²) in [5.41, 5.74) is 2.48. The van der Waals surface area contributed by atoms with Gasteiger partial charge in [-0.2, -0.15) is 0 Å². The number of piperidine rings is 1. The molecule has 0 radical (unpaired) electrons. The number of hydrogen-bond donors (Lipinski definition) is 0. The van der Waals surface area contributed by atoms with Gasteiger partial charge in [-0.15, -0.1) is 0 Å². The Kier molecular flexibility index (Phi) is 7.27. The van der Waals surface area contributed by atoms with Crippen LogP contribution in [0.2, 0.25) is 0 Å². The highest BCUT2D eigenvalue weighted by atomic mass is 16.2. The van der Waals surface area contributed by atoms with Crippen molar-refractivity contribution in [1.29, 1.82) is 0 Å². The fourth-order valence-electron chi connectivity index (χ4n) is 3.94. The van der Waals surface area contributed by atoms with Crippen LogP contribution in [0.1, 0.15) is 43.2 Å². The number of aryl methyl sites for hydroxylation is 2. The number of benzene rings is 1. The van der Waals surface area contributed by atoms with E-state index >= 15 is 0 Å². The van der Waals surface area contributed by atoms with Crippen LogP contribution < -0.4 is 0 Å². The number of amides is 2. The standard InChI is InChI=1S/C22H33N3O2/c1-19-5-7-20(8-6-19)9-10-21(26)25-17-15-23(16-18-25)14-11-22(27)24-12-3-2-4-13-24/h5-8H,2-4,9-18H2,1H3. The molecule has 0 atom stereocenters. The highest BCUT2D eigenvalue weighted by Gasteiger charge is 2.22. The van der Waals surface area contributed by atoms with Crippen molar-refractivity contribution in [2.75, 3.05) is 45.8 Å². The second-order valence-electron chi connectivity index (χ2n) is 7.90. The molecule has 5 heteroatoms. The molecule has 0 unspecified atom stereocenters. The van der Waals surface area contributed by atoms with E-state index in [-0.39, 0.29) is 5.91 Å². The van der Waals surface area contributed by atoms with Gasteiger partial charge in [0.25, 0.3) is 0 Å². The summed E-state index contributed by atoms with van der Waals surface area (Å²) in [7, 11) is 0. The van der Waals surface area contributed by atoms with E-state index in [1.807, 2.05) is 9.80 Å². The maximum absolute atomic E-state index is 12.5. The number of hydrogen-bond acceptors (Lipinski definition) is 3. The first-order chi connectivity index (χ1) is 13.1. The van der Waals surface area contributed by atoms with Crippen molar-refractivity contribution in [3.8, 4) is 0 Å². The third kappa shape index (κ3) is 6.06. The van der Waals surface area contributed by atoms with Crippen LogP contribution in [0.15, 0.2) is 24.3 Å². The van der Waals surface area contributed by atoms with Gasteiger partial charge in [0.15, 0.2) is 0 Å². The minimum atomic E-state index is 0.250. The second kappa shape index (κ2) is 9.88. The van der Waals surface area contributed by atoms with Gasteiger partial charge in [0, 0.05) is 58.7 Å². The highest BCUT2D eigenvalue weighted by Crippen LogP contribution is 2.12. The van der Waals surface area contributed by atoms with Crippen molar-refractivity contribution in [3.05, 3.63) is 35.4 Å². The molecule has 0 N–H and O–H groups in total. The predicted octanol–water partition coefficient (Wildman–Crippen LogP) is 2.47. The maximum atomic E-state index is 12.5. The average Bonchev–Trinajstić information content (AvgIpc) is 2.72. The smallest absolute Gasteiger partial charge is 0.223 e. The molecule has 0 saturated carbocycles. The van der Waals surface area contributed by atoms with Gasteiger partial charge in [-0.25, -0.2) is 0 Å². The first-order valence-electron chi connectivity index (χ1n) is 10.5. The van der Waals surface area contributed by atoms with E-state index in [1.165, 1.54) is 17.5 Å². The monoisotopic (exact) mass is 371 g/mol. The molecular weight excluding hydrogens is 338 g/mol. The van der Waals surface area contributed by atoms with Crippen molar-refractivity contribution >= 4 is 11.8 Å². The Morgan fingerprint density at radius 3 is 2.04 bits per heavy atom. The lowest BCUT2D eigenvalue weighted by Crippen LogP contribution is -2.49. The van der Waals surface area contributed by atoms with E-state index in [0.29, 0.717) is 18.7 Å². The van der Waals surface area contributed by atoms with Gasteiger partial charge in [0.05, 0.1) is 0 Å². The third-order valence-electron chi connectivity index (χ3n) is 5.82. The number of nitrogens with zero attached hydrogens (tertiary/aromatic N) is 3. The van der Waals surface area contributed by atoms with E-state index in [9.17, 15) is 9.59 Å². The number of rotatable bonds is 6. The van der Waals surface area contributed by atoms with Gasteiger partial charge in [0.2, 0.25) is 11.8 Å². The normalized spacial score (nSPS) is 18.6. The van der Waals surface area contributed by atoms with E-state index in [2.05, 4.69) is 36.1 Å². The van der Waals surface area contributed by atoms with Crippen LogP contribution in [0.5, 0.6) is 0 Å². The van der Waals surface area contributed by atoms with E-state index in [0.717, 1.165) is 65.1 Å². The van der Waals surface area contributed by atoms with Gasteiger partial charge in [0.1, 0.15) is 0 Å². The summed E-state index contributed by atoms with van der Waals surface area (Å²) < 4.78 is 0. The van der Waals surface area contributed by atoms with Gasteiger partial charge < -0.3 is 9.80 Å². The molecule has 2 aliphatic rings. The zero-order valence-electron chi connectivity index (χ0n) is 16.7. The Hall–Kier alpha value is -1.88. The molecule has 5 nitrogen and oxygen atoms in total. The minimum absolute atomic E-state index is 0.250. The zero-order valence-corrected chi connectivity index (χ0v) is 16.7. The molecule has 1 aromatic rings. The number of carbonyl (C=O) groups is 2. The summed E-state index contributed by atoms with van der Waals surface area (Å²) in [6.45, 7) is 8.09. The van der Waals surface area contributed by atoms with Crippen molar-refractivity contribution in [2.24, 2.45) is 0 Å². The molecule has 0 aromatic heterocycles. The van der Waals surface area contributed by atoms with Gasteiger partial charge >= 0.3 is 0 Å². The minimum Gasteiger partial charge on any atom is -0.343 e. The summed E-state index contributed by atoms with van der Waals surface area (Å²) in [6.07, 6.45) is 5.55. The van der Waals surface area contributed by atoms with Crippen LogP contribution in [0.3, 0.4) is 0 Å². The lowest BCUT2D eigenvalue weighted by molar-refractivity contribution is -0.135. The molecule has 27 heavy (non-hydrogen) atoms. The molecule has 2 fully saturated rings. The summed E-state index contributed by atoms with van der Waals surface area (Å²) in [5.74, 6) is 0.547. The lowest BCUT2D eigenvalue weighted by Gasteiger charge is -2.35. The molecule has 148 valence electrons. The molecule has 0 bridgehead atoms. The van der Waals surface area contributed by atoms with Crippen LogP contribution in [0.25, 0.3) is 0 Å². The van der Waals surface area contributed by atoms with Crippen molar-refractivity contribution in [1.82, 2.24) is 14.7 Å². The molecule has 3 rings (SSSR count). The SMILES string of the molecule is Cc1ccc(CCC(=O)N2CCN(CCC(=O)N3CCCCC3)CC2)cc1. The Morgan fingerprint density at radius 2 is 1.37 bits per heavy atom. The molecule has 2 heterocycles. The lowest BCUT2D eigenvalue weighted by atomic mass is 10.1. The third-order valence-corrected chi connectivity index (χ3v) is 5.82. The highest BCUT2D eigenvalue weighted by molar-refractivity contribution is 5.77. The Morgan fingerprint density at radius 1 is 0.778 bits per heavy atom. The van der Waals surface area contributed by atoms with Crippen LogP contribution in [0, 0.1) is 6.92 Å². The van der Waals surface area contributed by atoms with E-state index < -0.39 is 0 Å². The molecule has 1 aromatic carbocycles. The summed E-state index contributed by atoms with van der Waals surface area (Å²) in [6, 6.07) is 8.42. The van der Waals surface area contributed by atoms with Crippen molar-refractivity contribution < 1.29 is 9.59 Å². The summed E-state index contributed by atoms with van der Waals surface area (Å²) in [4.78, 5) is 31.1. The Bertz CT molecular complexity index is 615. The van der Waals surface area contributed by atoms with Crippen LogP contribution in [-0.4, -0.2) is 72.3 Å². The molecule has 2 amide bonds. The molecule has 2 aliphatic heterocycles. The van der Waals surface area contributed by atoms with Gasteiger partial charge in [-0.3, -0.25) is 14.5 Å². The van der Waals surface area contributed by atoms with Crippen molar-refractivity contribution in [2.45, 2.75) is 45.4 Å². The summed E-state index contributed by atoms with van der Waals surface area (Å²) in [5, 5.41) is 0. The first-order valence-corrected chi connectivity index (χ1v) is 10.5.